The first-order chi connectivity index (χ1) is 16.1. The van der Waals surface area contributed by atoms with Crippen molar-refractivity contribution in [1.82, 2.24) is 9.80 Å². The summed E-state index contributed by atoms with van der Waals surface area (Å²) in [5.74, 6) is 1.28. The number of piperazine rings is 1. The Balaban J connectivity index is 1.32. The van der Waals surface area contributed by atoms with Crippen LogP contribution in [-0.2, 0) is 0 Å². The molecule has 4 heteroatoms. The fourth-order valence-corrected chi connectivity index (χ4v) is 4.71. The Hall–Kier alpha value is -2.66. The topological polar surface area (TPSA) is 35.9 Å². The molecule has 4 nitrogen and oxygen atoms in total. The zero-order chi connectivity index (χ0) is 23.0. The van der Waals surface area contributed by atoms with Gasteiger partial charge in [0.25, 0.3) is 0 Å². The maximum absolute atomic E-state index is 10.6. The zero-order valence-electron chi connectivity index (χ0n) is 19.8. The van der Waals surface area contributed by atoms with Gasteiger partial charge in [0.2, 0.25) is 0 Å². The van der Waals surface area contributed by atoms with Gasteiger partial charge in [-0.3, -0.25) is 9.80 Å². The molecule has 3 aromatic rings. The van der Waals surface area contributed by atoms with Crippen molar-refractivity contribution in [3.63, 3.8) is 0 Å². The van der Waals surface area contributed by atoms with Gasteiger partial charge in [-0.1, -0.05) is 92.7 Å². The molecule has 0 spiro atoms. The molecule has 1 heterocycles. The second kappa shape index (κ2) is 11.5. The van der Waals surface area contributed by atoms with E-state index in [0.29, 0.717) is 19.1 Å². The summed E-state index contributed by atoms with van der Waals surface area (Å²) >= 11 is 0. The van der Waals surface area contributed by atoms with Gasteiger partial charge in [0.15, 0.2) is 0 Å². The van der Waals surface area contributed by atoms with Crippen LogP contribution in [-0.4, -0.2) is 60.3 Å². The number of aliphatic hydroxyl groups excluding tert-OH is 1. The third kappa shape index (κ3) is 6.23. The van der Waals surface area contributed by atoms with Crippen LogP contribution in [0.2, 0.25) is 0 Å². The Morgan fingerprint density at radius 2 is 1.30 bits per heavy atom. The van der Waals surface area contributed by atoms with E-state index in [1.807, 2.05) is 18.2 Å². The highest BCUT2D eigenvalue weighted by Crippen LogP contribution is 2.29. The minimum atomic E-state index is -0.504. The van der Waals surface area contributed by atoms with Gasteiger partial charge in [-0.05, 0) is 28.7 Å². The predicted octanol–water partition coefficient (Wildman–Crippen LogP) is 4.96. The quantitative estimate of drug-likeness (QED) is 0.506. The van der Waals surface area contributed by atoms with E-state index in [4.69, 9.17) is 4.74 Å². The van der Waals surface area contributed by atoms with Crippen molar-refractivity contribution in [2.24, 2.45) is 0 Å². The monoisotopic (exact) mass is 444 g/mol. The average Bonchev–Trinajstić information content (AvgIpc) is 2.85. The normalized spacial score (nSPS) is 16.3. The second-order valence-corrected chi connectivity index (χ2v) is 9.22. The van der Waals surface area contributed by atoms with E-state index >= 15 is 0 Å². The van der Waals surface area contributed by atoms with E-state index in [1.54, 1.807) is 0 Å². The molecule has 1 N–H and O–H groups in total. The van der Waals surface area contributed by atoms with Crippen LogP contribution in [0.3, 0.4) is 0 Å². The number of hydrogen-bond donors (Lipinski definition) is 1. The smallest absolute Gasteiger partial charge is 0.122 e. The SMILES string of the molecule is CC(C)c1ccccc1OC[C@@H](O)CN1CCN(C(c2ccccc2)c2ccccc2)CC1. The van der Waals surface area contributed by atoms with Gasteiger partial charge in [0, 0.05) is 32.7 Å². The Kier molecular flexibility index (Phi) is 8.16. The summed E-state index contributed by atoms with van der Waals surface area (Å²) in [6.07, 6.45) is -0.504. The first kappa shape index (κ1) is 23.5. The molecule has 0 unspecified atom stereocenters. The van der Waals surface area contributed by atoms with Crippen molar-refractivity contribution in [1.29, 1.82) is 0 Å². The summed E-state index contributed by atoms with van der Waals surface area (Å²) in [6.45, 7) is 9.11. The molecule has 1 fully saturated rings. The summed E-state index contributed by atoms with van der Waals surface area (Å²) in [6, 6.07) is 29.9. The predicted molar refractivity (Wildman–Crippen MR) is 135 cm³/mol. The van der Waals surface area contributed by atoms with Crippen molar-refractivity contribution >= 4 is 0 Å². The molecule has 4 rings (SSSR count). The van der Waals surface area contributed by atoms with E-state index < -0.39 is 6.10 Å². The van der Waals surface area contributed by atoms with Gasteiger partial charge in [0.1, 0.15) is 18.5 Å². The third-order valence-corrected chi connectivity index (χ3v) is 6.44. The lowest BCUT2D eigenvalue weighted by Gasteiger charge is -2.40. The number of hydrogen-bond acceptors (Lipinski definition) is 4. The highest BCUT2D eigenvalue weighted by Gasteiger charge is 2.27. The summed E-state index contributed by atoms with van der Waals surface area (Å²) in [5.41, 5.74) is 3.84. The molecule has 3 aromatic carbocycles. The van der Waals surface area contributed by atoms with E-state index in [2.05, 4.69) is 90.4 Å². The summed E-state index contributed by atoms with van der Waals surface area (Å²) in [5, 5.41) is 10.6. The van der Waals surface area contributed by atoms with E-state index in [-0.39, 0.29) is 6.04 Å². The van der Waals surface area contributed by atoms with E-state index in [1.165, 1.54) is 16.7 Å². The number of benzene rings is 3. The first-order valence-corrected chi connectivity index (χ1v) is 12.1. The lowest BCUT2D eigenvalue weighted by molar-refractivity contribution is 0.0398. The van der Waals surface area contributed by atoms with Crippen LogP contribution in [0.25, 0.3) is 0 Å². The zero-order valence-corrected chi connectivity index (χ0v) is 19.8. The largest absolute Gasteiger partial charge is 0.491 e. The van der Waals surface area contributed by atoms with Crippen LogP contribution >= 0.6 is 0 Å². The molecule has 0 aliphatic carbocycles. The minimum Gasteiger partial charge on any atom is -0.491 e. The number of nitrogens with zero attached hydrogens (tertiary/aromatic N) is 2. The molecule has 0 amide bonds. The van der Waals surface area contributed by atoms with Crippen LogP contribution in [0.15, 0.2) is 84.9 Å². The van der Waals surface area contributed by atoms with Crippen molar-refractivity contribution < 1.29 is 9.84 Å². The van der Waals surface area contributed by atoms with Crippen molar-refractivity contribution in [2.75, 3.05) is 39.3 Å². The molecule has 0 radical (unpaired) electrons. The first-order valence-electron chi connectivity index (χ1n) is 12.1. The van der Waals surface area contributed by atoms with Gasteiger partial charge in [0.05, 0.1) is 6.04 Å². The van der Waals surface area contributed by atoms with Crippen LogP contribution in [0, 0.1) is 0 Å². The molecule has 1 atom stereocenters. The Labute approximate surface area is 198 Å². The molecular weight excluding hydrogens is 408 g/mol. The minimum absolute atomic E-state index is 0.260. The summed E-state index contributed by atoms with van der Waals surface area (Å²) in [4.78, 5) is 4.91. The molecule has 0 aromatic heterocycles. The Bertz CT molecular complexity index is 930. The summed E-state index contributed by atoms with van der Waals surface area (Å²) in [7, 11) is 0. The van der Waals surface area contributed by atoms with Crippen molar-refractivity contribution in [2.45, 2.75) is 31.9 Å². The van der Waals surface area contributed by atoms with E-state index in [9.17, 15) is 5.11 Å². The number of rotatable bonds is 9. The number of ether oxygens (including phenoxy) is 1. The Morgan fingerprint density at radius 1 is 0.758 bits per heavy atom. The maximum Gasteiger partial charge on any atom is 0.122 e. The average molecular weight is 445 g/mol. The lowest BCUT2D eigenvalue weighted by atomic mass is 9.96. The van der Waals surface area contributed by atoms with Crippen LogP contribution < -0.4 is 4.74 Å². The molecule has 1 aliphatic rings. The number of β-amino-alcohol motifs (C(OH)–C–C–N with tert-alkyl or cyclic N) is 1. The molecule has 174 valence electrons. The highest BCUT2D eigenvalue weighted by molar-refractivity contribution is 5.35. The van der Waals surface area contributed by atoms with Crippen LogP contribution in [0.4, 0.5) is 0 Å². The molecular formula is C29H36N2O2. The summed E-state index contributed by atoms with van der Waals surface area (Å²) < 4.78 is 5.99. The van der Waals surface area contributed by atoms with Crippen molar-refractivity contribution in [3.8, 4) is 5.75 Å². The molecule has 33 heavy (non-hydrogen) atoms. The van der Waals surface area contributed by atoms with Gasteiger partial charge in [-0.25, -0.2) is 0 Å². The molecule has 0 bridgehead atoms. The van der Waals surface area contributed by atoms with Crippen LogP contribution in [0.1, 0.15) is 42.5 Å². The molecule has 0 saturated carbocycles. The number of para-hydroxylation sites is 1. The standard InChI is InChI=1S/C29H36N2O2/c1-23(2)27-15-9-10-16-28(27)33-22-26(32)21-30-17-19-31(20-18-30)29(24-11-5-3-6-12-24)25-13-7-4-8-14-25/h3-16,23,26,29,32H,17-22H2,1-2H3/t26-/m0/s1. The highest BCUT2D eigenvalue weighted by atomic mass is 16.5. The van der Waals surface area contributed by atoms with Crippen LogP contribution in [0.5, 0.6) is 5.75 Å². The van der Waals surface area contributed by atoms with E-state index in [0.717, 1.165) is 31.9 Å². The molecule has 1 aliphatic heterocycles. The second-order valence-electron chi connectivity index (χ2n) is 9.22. The lowest BCUT2D eigenvalue weighted by Crippen LogP contribution is -2.50. The fourth-order valence-electron chi connectivity index (χ4n) is 4.71. The van der Waals surface area contributed by atoms with Gasteiger partial charge >= 0.3 is 0 Å². The maximum atomic E-state index is 10.6. The van der Waals surface area contributed by atoms with Gasteiger partial charge < -0.3 is 9.84 Å². The van der Waals surface area contributed by atoms with Gasteiger partial charge in [-0.15, -0.1) is 0 Å². The Morgan fingerprint density at radius 3 is 1.88 bits per heavy atom. The fraction of sp³-hybridized carbons (Fsp3) is 0.379. The number of aliphatic hydroxyl groups is 1. The third-order valence-electron chi connectivity index (χ3n) is 6.44. The van der Waals surface area contributed by atoms with Crippen molar-refractivity contribution in [3.05, 3.63) is 102 Å². The van der Waals surface area contributed by atoms with Gasteiger partial charge in [-0.2, -0.15) is 0 Å². The molecule has 1 saturated heterocycles.